The Morgan fingerprint density at radius 3 is 2.54 bits per heavy atom. The molecule has 0 aromatic heterocycles. The summed E-state index contributed by atoms with van der Waals surface area (Å²) in [6, 6.07) is 17.6. The summed E-state index contributed by atoms with van der Waals surface area (Å²) in [6.07, 6.45) is 7.85. The van der Waals surface area contributed by atoms with Crippen LogP contribution in [-0.4, -0.2) is 24.5 Å². The summed E-state index contributed by atoms with van der Waals surface area (Å²) in [5, 5.41) is 12.8. The van der Waals surface area contributed by atoms with Crippen molar-refractivity contribution in [2.24, 2.45) is 0 Å². The van der Waals surface area contributed by atoms with Gasteiger partial charge in [0, 0.05) is 0 Å². The lowest BCUT2D eigenvalue weighted by Gasteiger charge is -2.32. The Kier molecular flexibility index (Phi) is 6.12. The Morgan fingerprint density at radius 2 is 1.81 bits per heavy atom. The van der Waals surface area contributed by atoms with E-state index in [1.54, 1.807) is 0 Å². The zero-order valence-electron chi connectivity index (χ0n) is 16.2. The highest BCUT2D eigenvalue weighted by Gasteiger charge is 2.33. The third-order valence-electron chi connectivity index (χ3n) is 5.68. The van der Waals surface area contributed by atoms with E-state index >= 15 is 0 Å². The molecular weight excluding hydrogens is 316 g/mol. The molecule has 26 heavy (non-hydrogen) atoms. The molecule has 1 aliphatic heterocycles. The van der Waals surface area contributed by atoms with Gasteiger partial charge in [-0.15, -0.1) is 0 Å². The molecular formula is C24H30N2. The molecule has 0 spiro atoms. The first kappa shape index (κ1) is 18.7. The third kappa shape index (κ3) is 4.17. The molecule has 1 saturated heterocycles. The number of piperidine rings is 1. The lowest BCUT2D eigenvalue weighted by atomic mass is 9.73. The molecule has 0 amide bonds. The molecule has 3 rings (SSSR count). The van der Waals surface area contributed by atoms with Gasteiger partial charge in [-0.05, 0) is 75.5 Å². The third-order valence-corrected chi connectivity index (χ3v) is 5.68. The maximum atomic E-state index is 10.3. The molecule has 0 bridgehead atoms. The average molecular weight is 347 g/mol. The van der Waals surface area contributed by atoms with Gasteiger partial charge in [0.05, 0.1) is 11.5 Å². The fourth-order valence-electron chi connectivity index (χ4n) is 4.06. The number of rotatable bonds is 6. The van der Waals surface area contributed by atoms with Gasteiger partial charge in [-0.1, -0.05) is 60.5 Å². The predicted octanol–water partition coefficient (Wildman–Crippen LogP) is 5.83. The topological polar surface area (TPSA) is 27.0 Å². The second-order valence-electron chi connectivity index (χ2n) is 7.86. The fraction of sp³-hybridized carbons (Fsp3) is 0.458. The Labute approximate surface area is 158 Å². The minimum Gasteiger partial charge on any atom is -0.303 e. The van der Waals surface area contributed by atoms with Gasteiger partial charge >= 0.3 is 0 Å². The number of allylic oxidation sites excluding steroid dienone is 2. The van der Waals surface area contributed by atoms with Crippen molar-refractivity contribution in [3.8, 4) is 6.07 Å². The second-order valence-corrected chi connectivity index (χ2v) is 7.86. The monoisotopic (exact) mass is 346 g/mol. The Balaban J connectivity index is 1.98. The van der Waals surface area contributed by atoms with E-state index in [-0.39, 0.29) is 0 Å². The molecule has 1 heterocycles. The van der Waals surface area contributed by atoms with E-state index in [2.05, 4.69) is 73.4 Å². The van der Waals surface area contributed by atoms with Crippen LogP contribution in [0.4, 0.5) is 0 Å². The number of likely N-dealkylation sites (tertiary alicyclic amines) is 1. The summed E-state index contributed by atoms with van der Waals surface area (Å²) < 4.78 is 0. The Morgan fingerprint density at radius 1 is 1.08 bits per heavy atom. The highest BCUT2D eigenvalue weighted by molar-refractivity contribution is 5.87. The van der Waals surface area contributed by atoms with Crippen LogP contribution in [0, 0.1) is 11.3 Å². The summed E-state index contributed by atoms with van der Waals surface area (Å²) >= 11 is 0. The van der Waals surface area contributed by atoms with Crippen molar-refractivity contribution in [1.82, 2.24) is 4.90 Å². The van der Waals surface area contributed by atoms with Gasteiger partial charge in [0.2, 0.25) is 0 Å². The van der Waals surface area contributed by atoms with Gasteiger partial charge in [-0.25, -0.2) is 0 Å². The van der Waals surface area contributed by atoms with Crippen LogP contribution < -0.4 is 0 Å². The van der Waals surface area contributed by atoms with Gasteiger partial charge in [-0.2, -0.15) is 5.26 Å². The van der Waals surface area contributed by atoms with Crippen molar-refractivity contribution >= 4 is 10.8 Å². The van der Waals surface area contributed by atoms with Crippen molar-refractivity contribution in [3.05, 3.63) is 59.7 Å². The zero-order valence-corrected chi connectivity index (χ0v) is 16.2. The van der Waals surface area contributed by atoms with Gasteiger partial charge in [0.15, 0.2) is 0 Å². The van der Waals surface area contributed by atoms with Gasteiger partial charge in [0.25, 0.3) is 0 Å². The molecule has 2 nitrogen and oxygen atoms in total. The van der Waals surface area contributed by atoms with Crippen LogP contribution in [-0.2, 0) is 5.41 Å². The SMILES string of the molecule is CC(C)=CCC(C#N)(CCN1CCCCC1)c1cccc2ccccc12. The van der Waals surface area contributed by atoms with Crippen LogP contribution in [0.15, 0.2) is 54.1 Å². The summed E-state index contributed by atoms with van der Waals surface area (Å²) in [4.78, 5) is 2.54. The number of fused-ring (bicyclic) bond motifs is 1. The molecule has 1 aliphatic rings. The molecule has 0 saturated carbocycles. The van der Waals surface area contributed by atoms with Crippen LogP contribution >= 0.6 is 0 Å². The first-order valence-electron chi connectivity index (χ1n) is 9.90. The largest absolute Gasteiger partial charge is 0.303 e. The van der Waals surface area contributed by atoms with E-state index in [0.717, 1.165) is 19.4 Å². The molecule has 2 aromatic rings. The smallest absolute Gasteiger partial charge is 0.0874 e. The van der Waals surface area contributed by atoms with Gasteiger partial charge < -0.3 is 4.90 Å². The van der Waals surface area contributed by atoms with E-state index in [4.69, 9.17) is 0 Å². The van der Waals surface area contributed by atoms with Gasteiger partial charge in [0.1, 0.15) is 0 Å². The van der Waals surface area contributed by atoms with Gasteiger partial charge in [-0.3, -0.25) is 0 Å². The number of hydrogen-bond donors (Lipinski definition) is 0. The molecule has 1 unspecified atom stereocenters. The van der Waals surface area contributed by atoms with Crippen LogP contribution in [0.25, 0.3) is 10.8 Å². The molecule has 136 valence electrons. The maximum Gasteiger partial charge on any atom is 0.0874 e. The van der Waals surface area contributed by atoms with Crippen molar-refractivity contribution in [2.45, 2.75) is 51.4 Å². The quantitative estimate of drug-likeness (QED) is 0.615. The summed E-state index contributed by atoms with van der Waals surface area (Å²) in [7, 11) is 0. The van der Waals surface area contributed by atoms with E-state index in [1.807, 2.05) is 0 Å². The van der Waals surface area contributed by atoms with Crippen molar-refractivity contribution < 1.29 is 0 Å². The standard InChI is InChI=1S/C24H30N2/c1-20(2)13-14-24(19-25,15-18-26-16-6-3-7-17-26)23-12-8-10-21-9-4-5-11-22(21)23/h4-5,8-13H,3,6-7,14-18H2,1-2H3. The fourth-order valence-corrected chi connectivity index (χ4v) is 4.06. The first-order valence-corrected chi connectivity index (χ1v) is 9.90. The van der Waals surface area contributed by atoms with Crippen molar-refractivity contribution in [1.29, 1.82) is 5.26 Å². The summed E-state index contributed by atoms with van der Waals surface area (Å²) in [6.45, 7) is 7.61. The van der Waals surface area contributed by atoms with E-state index in [0.29, 0.717) is 0 Å². The van der Waals surface area contributed by atoms with E-state index in [9.17, 15) is 5.26 Å². The number of benzene rings is 2. The van der Waals surface area contributed by atoms with Crippen LogP contribution in [0.3, 0.4) is 0 Å². The van der Waals surface area contributed by atoms with E-state index < -0.39 is 5.41 Å². The second kappa shape index (κ2) is 8.52. The normalized spacial score (nSPS) is 17.4. The van der Waals surface area contributed by atoms with Crippen molar-refractivity contribution in [3.63, 3.8) is 0 Å². The number of nitriles is 1. The number of hydrogen-bond acceptors (Lipinski definition) is 2. The molecule has 0 radical (unpaired) electrons. The minimum atomic E-state index is -0.463. The highest BCUT2D eigenvalue weighted by atomic mass is 15.1. The number of nitrogens with zero attached hydrogens (tertiary/aromatic N) is 2. The lowest BCUT2D eigenvalue weighted by Crippen LogP contribution is -2.35. The Bertz CT molecular complexity index is 799. The average Bonchev–Trinajstić information content (AvgIpc) is 2.69. The van der Waals surface area contributed by atoms with Crippen molar-refractivity contribution in [2.75, 3.05) is 19.6 Å². The van der Waals surface area contributed by atoms with Crippen LogP contribution in [0.2, 0.25) is 0 Å². The molecule has 0 N–H and O–H groups in total. The summed E-state index contributed by atoms with van der Waals surface area (Å²) in [5.41, 5.74) is 2.01. The maximum absolute atomic E-state index is 10.3. The molecule has 2 heteroatoms. The lowest BCUT2D eigenvalue weighted by molar-refractivity contribution is 0.213. The van der Waals surface area contributed by atoms with Crippen LogP contribution in [0.1, 0.15) is 51.5 Å². The van der Waals surface area contributed by atoms with E-state index in [1.165, 1.54) is 54.3 Å². The molecule has 1 atom stereocenters. The first-order chi connectivity index (χ1) is 12.6. The van der Waals surface area contributed by atoms with Crippen LogP contribution in [0.5, 0.6) is 0 Å². The minimum absolute atomic E-state index is 0.463. The molecule has 1 fully saturated rings. The zero-order chi connectivity index (χ0) is 18.4. The highest BCUT2D eigenvalue weighted by Crippen LogP contribution is 2.37. The molecule has 2 aromatic carbocycles. The Hall–Kier alpha value is -2.11. The summed E-state index contributed by atoms with van der Waals surface area (Å²) in [5.74, 6) is 0. The molecule has 0 aliphatic carbocycles. The predicted molar refractivity (Wildman–Crippen MR) is 110 cm³/mol.